The Labute approximate surface area is 825 Å². The maximum Gasteiger partial charge on any atom is 0.304 e. The van der Waals surface area contributed by atoms with Crippen LogP contribution in [0, 0.1) is 71.9 Å². The van der Waals surface area contributed by atoms with Gasteiger partial charge in [0.05, 0.1) is 51.3 Å². The lowest BCUT2D eigenvalue weighted by Gasteiger charge is -2.58. The quantitative estimate of drug-likeness (QED) is 0.0316. The Balaban J connectivity index is 0.00000153. The Morgan fingerprint density at radius 1 is 0.372 bits per heavy atom. The molecule has 2 aromatic carbocycles. The summed E-state index contributed by atoms with van der Waals surface area (Å²) in [6, 6.07) is 17.6. The lowest BCUT2D eigenvalue weighted by atomic mass is 9.49. The van der Waals surface area contributed by atoms with Crippen LogP contribution in [0.2, 0.25) is 0 Å². The SMILES string of the molecule is CC(=O)OC(OC(C)C)C(C)(C)C.CC(=O)OC(OC1CCCCC1)C(C)(C)C.CC(=O)OC(OC1CCOc2ccccc21)C(C)(C)C.CC(=O)OC(OCC(C)(C)C)C(C)(C)C.CC(=O)OC(OCc1ccccc1)C(C)(C)C.COC(OC(C)=O)C(C)(C)C.COC(OC(C)=O)C1(C)CCCCC1.COC(OC(C)=O)C12CC3CC(CC(C3)C1)C2.COCCOC(OC(C)=O)C(C)(C)C. The lowest BCUT2D eigenvalue weighted by molar-refractivity contribution is -0.235. The van der Waals surface area contributed by atoms with Crippen LogP contribution < -0.4 is 4.74 Å². The summed E-state index contributed by atoms with van der Waals surface area (Å²) >= 11 is 0. The highest BCUT2D eigenvalue weighted by molar-refractivity contribution is 5.69. The van der Waals surface area contributed by atoms with Gasteiger partial charge in [-0.3, -0.25) is 43.2 Å². The second kappa shape index (κ2) is 61.8. The van der Waals surface area contributed by atoms with Crippen molar-refractivity contribution in [3.05, 3.63) is 65.7 Å². The van der Waals surface area contributed by atoms with Gasteiger partial charge < -0.3 is 94.7 Å². The van der Waals surface area contributed by atoms with Crippen LogP contribution in [0.1, 0.15) is 376 Å². The fourth-order valence-electron chi connectivity index (χ4n) is 16.0. The van der Waals surface area contributed by atoms with E-state index < -0.39 is 44.0 Å². The van der Waals surface area contributed by atoms with E-state index in [0.717, 1.165) is 66.7 Å². The lowest BCUT2D eigenvalue weighted by Crippen LogP contribution is -2.53. The Morgan fingerprint density at radius 3 is 1.09 bits per heavy atom. The minimum Gasteiger partial charge on any atom is -0.493 e. The van der Waals surface area contributed by atoms with Gasteiger partial charge in [0.2, 0.25) is 56.6 Å². The summed E-state index contributed by atoms with van der Waals surface area (Å²) in [7, 11) is 6.40. The highest BCUT2D eigenvalue weighted by atomic mass is 16.7. The number of carbonyl (C=O) groups is 9. The summed E-state index contributed by atoms with van der Waals surface area (Å²) in [5, 5.41) is 0. The van der Waals surface area contributed by atoms with Crippen molar-refractivity contribution in [2.24, 2.45) is 71.9 Å². The smallest absolute Gasteiger partial charge is 0.304 e. The van der Waals surface area contributed by atoms with E-state index in [1.54, 1.807) is 21.3 Å². The van der Waals surface area contributed by atoms with E-state index >= 15 is 0 Å². The molecular weight excluding hydrogens is 1760 g/mol. The molecule has 6 saturated carbocycles. The van der Waals surface area contributed by atoms with Crippen molar-refractivity contribution in [2.45, 2.75) is 440 Å². The van der Waals surface area contributed by atoms with Crippen LogP contribution in [0.4, 0.5) is 0 Å². The number of hydrogen-bond acceptors (Lipinski definition) is 29. The van der Waals surface area contributed by atoms with Crippen molar-refractivity contribution in [1.82, 2.24) is 0 Å². The molecule has 6 aliphatic carbocycles. The van der Waals surface area contributed by atoms with Gasteiger partial charge in [0.25, 0.3) is 0 Å². The first-order valence-corrected chi connectivity index (χ1v) is 49.1. The van der Waals surface area contributed by atoms with Gasteiger partial charge in [0.1, 0.15) is 5.75 Å². The van der Waals surface area contributed by atoms with Gasteiger partial charge in [-0.2, -0.15) is 0 Å². The molecule has 9 rings (SSSR count). The molecule has 29 heteroatoms. The number of carbonyl (C=O) groups excluding carboxylic acids is 9. The molecule has 10 atom stereocenters. The van der Waals surface area contributed by atoms with Crippen molar-refractivity contribution in [3.63, 3.8) is 0 Å². The van der Waals surface area contributed by atoms with Gasteiger partial charge in [-0.05, 0) is 113 Å². The van der Waals surface area contributed by atoms with E-state index in [2.05, 4.69) is 27.7 Å². The molecule has 6 fully saturated rings. The minimum absolute atomic E-state index is 0.0126. The van der Waals surface area contributed by atoms with Crippen LogP contribution in [0.3, 0.4) is 0 Å². The molecule has 0 aromatic heterocycles. The van der Waals surface area contributed by atoms with Crippen molar-refractivity contribution in [2.75, 3.05) is 54.9 Å². The molecule has 0 radical (unpaired) electrons. The predicted molar refractivity (Wildman–Crippen MR) is 528 cm³/mol. The third-order valence-corrected chi connectivity index (χ3v) is 22.1. The number of esters is 9. The Morgan fingerprint density at radius 2 is 0.723 bits per heavy atom. The van der Waals surface area contributed by atoms with E-state index in [9.17, 15) is 43.2 Å². The van der Waals surface area contributed by atoms with Crippen LogP contribution >= 0.6 is 0 Å². The van der Waals surface area contributed by atoms with Crippen LogP contribution in [-0.4, -0.2) is 177 Å². The van der Waals surface area contributed by atoms with Crippen LogP contribution in [0.5, 0.6) is 5.75 Å². The average molecular weight is 1950 g/mol. The molecule has 0 amide bonds. The van der Waals surface area contributed by atoms with Gasteiger partial charge >= 0.3 is 53.7 Å². The van der Waals surface area contributed by atoms with Gasteiger partial charge in [-0.25, -0.2) is 0 Å². The summed E-state index contributed by atoms with van der Waals surface area (Å²) in [5.41, 5.74) is 0.848. The molecule has 29 nitrogen and oxygen atoms in total. The highest BCUT2D eigenvalue weighted by Gasteiger charge is 2.56. The van der Waals surface area contributed by atoms with Crippen molar-refractivity contribution in [3.8, 4) is 5.75 Å². The zero-order valence-corrected chi connectivity index (χ0v) is 92.3. The normalized spacial score (nSPS) is 20.3. The number of hydrogen-bond donors (Lipinski definition) is 0. The molecule has 10 unspecified atom stereocenters. The second-order valence-electron chi connectivity index (χ2n) is 46.1. The first-order chi connectivity index (χ1) is 62.9. The zero-order chi connectivity index (χ0) is 106. The van der Waals surface area contributed by atoms with Gasteiger partial charge in [-0.15, -0.1) is 0 Å². The summed E-state index contributed by atoms with van der Waals surface area (Å²) in [6.07, 6.45) is 16.4. The topological polar surface area (TPSA) is 338 Å². The Bertz CT molecular complexity index is 3710. The third-order valence-electron chi connectivity index (χ3n) is 22.1. The number of benzene rings is 2. The summed E-state index contributed by atoms with van der Waals surface area (Å²) in [4.78, 5) is 98.5. The first-order valence-electron chi connectivity index (χ1n) is 49.1. The first kappa shape index (κ1) is 130. The minimum atomic E-state index is -0.573. The van der Waals surface area contributed by atoms with Crippen LogP contribution in [-0.2, 0) is 140 Å². The molecule has 0 spiro atoms. The largest absolute Gasteiger partial charge is 0.493 e. The van der Waals surface area contributed by atoms with E-state index in [4.69, 9.17) is 94.7 Å². The number of fused-ring (bicyclic) bond motifs is 1. The Kier molecular flexibility index (Phi) is 58.7. The maximum atomic E-state index is 11.3. The van der Waals surface area contributed by atoms with E-state index in [1.165, 1.54) is 146 Å². The third kappa shape index (κ3) is 57.1. The molecule has 0 N–H and O–H groups in total. The second-order valence-corrected chi connectivity index (χ2v) is 46.1. The van der Waals surface area contributed by atoms with Gasteiger partial charge in [0, 0.05) is 151 Å². The predicted octanol–water partition coefficient (Wildman–Crippen LogP) is 23.6. The molecule has 4 bridgehead atoms. The Hall–Kier alpha value is -6.93. The maximum absolute atomic E-state index is 11.3. The molecule has 0 saturated heterocycles. The molecule has 1 heterocycles. The number of ether oxygens (including phenoxy) is 20. The highest BCUT2D eigenvalue weighted by Crippen LogP contribution is 2.62. The van der Waals surface area contributed by atoms with Crippen molar-refractivity contribution < 1.29 is 138 Å². The van der Waals surface area contributed by atoms with Crippen molar-refractivity contribution >= 4 is 53.7 Å². The van der Waals surface area contributed by atoms with Gasteiger partial charge in [0.15, 0.2) is 0 Å². The van der Waals surface area contributed by atoms with Crippen molar-refractivity contribution in [1.29, 1.82) is 0 Å². The van der Waals surface area contributed by atoms with E-state index in [0.29, 0.717) is 33.0 Å². The fraction of sp³-hybridized carbons (Fsp3) is 0.806. The van der Waals surface area contributed by atoms with Gasteiger partial charge in [-0.1, -0.05) is 260 Å². The van der Waals surface area contributed by atoms with E-state index in [-0.39, 0.29) is 139 Å². The average Bonchev–Trinajstić information content (AvgIpc) is 0.736. The molecule has 2 aromatic rings. The van der Waals surface area contributed by atoms with Crippen LogP contribution in [0.15, 0.2) is 54.6 Å². The summed E-state index contributed by atoms with van der Waals surface area (Å²) in [6.45, 7) is 69.0. The molecular formula is C108H188O29. The standard InChI is InChI=1S/C16H22O4.C14H22O3.C14H20O3.C13H24O3.C12H24O3.C11H20O3.C10H20O4.C10H20O3.C8H16O3/c1-11(17)19-15(16(2,3)4)20-14-9-10-18-13-8-6-5-7-12(13)14;1-9(15)17-13(16-2)14-6-10-3-11(7-14)5-12(4-10)8-14;1-11(15)17-13(14(2,3)4)16-10-12-8-6-5-7-9-12;1-10(14)15-12(13(2,3)4)16-11-8-6-5-7-9-11;1-9(13)15-10(12(5,6)7)14-8-11(2,3)4;1-9(12)14-10(13-3)11(2)7-5-4-6-8-11;1-8(11)14-9(10(2,3)4)13-7-6-12-5;1-7(2)12-9(10(4,5)6)13-8(3)11;1-6(9)11-7(10-5)8(2,3)4/h5-8,14-15H,9-10H2,1-4H3;10-13H,3-8H2,1-2H3;5-9,13H,10H2,1-4H3;11-12H,5-9H2,1-4H3;10H,8H2,1-7H3;10H,4-8H2,1-3H3;9H,6-7H2,1-5H3;7,9H,1-6H3;7H,1-5H3. The molecule has 1 aliphatic heterocycles. The number of methoxy groups -OCH3 is 4. The number of rotatable bonds is 29. The molecule has 137 heavy (non-hydrogen) atoms. The summed E-state index contributed by atoms with van der Waals surface area (Å²) < 4.78 is 107. The fourth-order valence-corrected chi connectivity index (χ4v) is 16.0. The number of para-hydroxylation sites is 1. The molecule has 794 valence electrons. The van der Waals surface area contributed by atoms with Crippen LogP contribution in [0.25, 0.3) is 0 Å². The zero-order valence-electron chi connectivity index (χ0n) is 92.3. The molecule has 7 aliphatic rings. The van der Waals surface area contributed by atoms with E-state index in [1.807, 2.05) is 214 Å². The monoisotopic (exact) mass is 1950 g/mol. The summed E-state index contributed by atoms with van der Waals surface area (Å²) in [5.74, 6) is 0.770.